The molecule has 0 aliphatic carbocycles. The van der Waals surface area contributed by atoms with Crippen LogP contribution in [0.5, 0.6) is 0 Å². The van der Waals surface area contributed by atoms with Crippen molar-refractivity contribution in [3.63, 3.8) is 0 Å². The molecule has 0 unspecified atom stereocenters. The van der Waals surface area contributed by atoms with Crippen molar-refractivity contribution >= 4 is 11.4 Å². The molecule has 0 aromatic heterocycles. The van der Waals surface area contributed by atoms with Gasteiger partial charge in [0.15, 0.2) is 0 Å². The third kappa shape index (κ3) is 3.30. The Morgan fingerprint density at radius 1 is 1.21 bits per heavy atom. The van der Waals surface area contributed by atoms with E-state index in [0.717, 1.165) is 11.3 Å². The van der Waals surface area contributed by atoms with Crippen molar-refractivity contribution < 1.29 is 4.92 Å². The standard InChI is InChI=1S/C14H11N3O2/c15-9-11-4-6-13(7-5-11)16-10-12-2-1-3-14(8-12)17(18)19/h1-8,16H,10H2. The van der Waals surface area contributed by atoms with Gasteiger partial charge in [0, 0.05) is 24.4 Å². The van der Waals surface area contributed by atoms with Crippen LogP contribution in [0.1, 0.15) is 11.1 Å². The first-order chi connectivity index (χ1) is 9.19. The van der Waals surface area contributed by atoms with Crippen LogP contribution in [-0.2, 0) is 6.54 Å². The first kappa shape index (κ1) is 12.6. The summed E-state index contributed by atoms with van der Waals surface area (Å²) in [7, 11) is 0. The summed E-state index contributed by atoms with van der Waals surface area (Å²) in [6.07, 6.45) is 0. The predicted molar refractivity (Wildman–Crippen MR) is 71.6 cm³/mol. The van der Waals surface area contributed by atoms with Gasteiger partial charge in [0.05, 0.1) is 16.6 Å². The van der Waals surface area contributed by atoms with Gasteiger partial charge < -0.3 is 5.32 Å². The Bertz CT molecular complexity index is 630. The Balaban J connectivity index is 2.03. The molecule has 2 rings (SSSR count). The van der Waals surface area contributed by atoms with Crippen LogP contribution in [-0.4, -0.2) is 4.92 Å². The number of benzene rings is 2. The van der Waals surface area contributed by atoms with E-state index < -0.39 is 4.92 Å². The van der Waals surface area contributed by atoms with Gasteiger partial charge in [-0.1, -0.05) is 12.1 Å². The molecule has 0 atom stereocenters. The minimum absolute atomic E-state index is 0.0825. The molecule has 0 radical (unpaired) electrons. The first-order valence-electron chi connectivity index (χ1n) is 5.66. The fraction of sp³-hybridized carbons (Fsp3) is 0.0714. The van der Waals surface area contributed by atoms with Crippen LogP contribution in [0.3, 0.4) is 0 Å². The van der Waals surface area contributed by atoms with Crippen molar-refractivity contribution in [1.29, 1.82) is 5.26 Å². The second-order valence-electron chi connectivity index (χ2n) is 3.97. The van der Waals surface area contributed by atoms with Crippen molar-refractivity contribution in [2.45, 2.75) is 6.54 Å². The van der Waals surface area contributed by atoms with Gasteiger partial charge in [0.2, 0.25) is 0 Å². The van der Waals surface area contributed by atoms with E-state index in [1.807, 2.05) is 12.1 Å². The maximum Gasteiger partial charge on any atom is 0.269 e. The third-order valence-electron chi connectivity index (χ3n) is 2.63. The summed E-state index contributed by atoms with van der Waals surface area (Å²) < 4.78 is 0. The number of hydrogen-bond acceptors (Lipinski definition) is 4. The topological polar surface area (TPSA) is 79.0 Å². The number of nitro benzene ring substituents is 1. The first-order valence-corrected chi connectivity index (χ1v) is 5.66. The summed E-state index contributed by atoms with van der Waals surface area (Å²) in [5.74, 6) is 0. The molecule has 0 bridgehead atoms. The third-order valence-corrected chi connectivity index (χ3v) is 2.63. The predicted octanol–water partition coefficient (Wildman–Crippen LogP) is 3.08. The quantitative estimate of drug-likeness (QED) is 0.670. The summed E-state index contributed by atoms with van der Waals surface area (Å²) in [5.41, 5.74) is 2.38. The Labute approximate surface area is 110 Å². The smallest absolute Gasteiger partial charge is 0.269 e. The van der Waals surface area contributed by atoms with Crippen LogP contribution in [0, 0.1) is 21.4 Å². The van der Waals surface area contributed by atoms with E-state index in [2.05, 4.69) is 5.32 Å². The molecule has 0 spiro atoms. The van der Waals surface area contributed by atoms with Crippen molar-refractivity contribution in [2.24, 2.45) is 0 Å². The molecule has 0 heterocycles. The van der Waals surface area contributed by atoms with Crippen LogP contribution in [0.15, 0.2) is 48.5 Å². The largest absolute Gasteiger partial charge is 0.381 e. The molecule has 2 aromatic rings. The second kappa shape index (κ2) is 5.65. The molecular formula is C14H11N3O2. The van der Waals surface area contributed by atoms with Gasteiger partial charge in [0.1, 0.15) is 0 Å². The number of rotatable bonds is 4. The molecule has 0 aliphatic rings. The van der Waals surface area contributed by atoms with Gasteiger partial charge in [-0.2, -0.15) is 5.26 Å². The zero-order chi connectivity index (χ0) is 13.7. The summed E-state index contributed by atoms with van der Waals surface area (Å²) in [6.45, 7) is 0.494. The summed E-state index contributed by atoms with van der Waals surface area (Å²) >= 11 is 0. The van der Waals surface area contributed by atoms with Gasteiger partial charge in [-0.05, 0) is 29.8 Å². The number of hydrogen-bond donors (Lipinski definition) is 1. The van der Waals surface area contributed by atoms with Crippen LogP contribution >= 0.6 is 0 Å². The highest BCUT2D eigenvalue weighted by molar-refractivity contribution is 5.48. The van der Waals surface area contributed by atoms with E-state index in [0.29, 0.717) is 12.1 Å². The minimum Gasteiger partial charge on any atom is -0.381 e. The van der Waals surface area contributed by atoms with Gasteiger partial charge >= 0.3 is 0 Å². The number of nitriles is 1. The van der Waals surface area contributed by atoms with Crippen molar-refractivity contribution in [1.82, 2.24) is 0 Å². The average molecular weight is 253 g/mol. The monoisotopic (exact) mass is 253 g/mol. The van der Waals surface area contributed by atoms with Crippen molar-refractivity contribution in [2.75, 3.05) is 5.32 Å². The number of nitro groups is 1. The van der Waals surface area contributed by atoms with Gasteiger partial charge in [0.25, 0.3) is 5.69 Å². The molecule has 2 aromatic carbocycles. The zero-order valence-electron chi connectivity index (χ0n) is 10.0. The lowest BCUT2D eigenvalue weighted by molar-refractivity contribution is -0.384. The Morgan fingerprint density at radius 3 is 2.58 bits per heavy atom. The lowest BCUT2D eigenvalue weighted by atomic mass is 10.2. The molecule has 0 aliphatic heterocycles. The molecule has 19 heavy (non-hydrogen) atoms. The minimum atomic E-state index is -0.411. The molecule has 0 saturated heterocycles. The van der Waals surface area contributed by atoms with Gasteiger partial charge in [-0.15, -0.1) is 0 Å². The van der Waals surface area contributed by atoms with Gasteiger partial charge in [-0.25, -0.2) is 0 Å². The molecule has 5 heteroatoms. The van der Waals surface area contributed by atoms with Crippen molar-refractivity contribution in [3.05, 3.63) is 69.8 Å². The fourth-order valence-corrected chi connectivity index (χ4v) is 1.65. The normalized spacial score (nSPS) is 9.63. The highest BCUT2D eigenvalue weighted by Gasteiger charge is 2.05. The lowest BCUT2D eigenvalue weighted by Crippen LogP contribution is -2.00. The molecule has 0 saturated carbocycles. The van der Waals surface area contributed by atoms with Crippen LogP contribution in [0.4, 0.5) is 11.4 Å². The van der Waals surface area contributed by atoms with E-state index >= 15 is 0 Å². The highest BCUT2D eigenvalue weighted by Crippen LogP contribution is 2.15. The number of non-ortho nitro benzene ring substituents is 1. The SMILES string of the molecule is N#Cc1ccc(NCc2cccc([N+](=O)[O-])c2)cc1. The summed E-state index contributed by atoms with van der Waals surface area (Å²) in [4.78, 5) is 10.2. The Kier molecular flexibility index (Phi) is 3.74. The van der Waals surface area contributed by atoms with E-state index in [9.17, 15) is 10.1 Å². The zero-order valence-corrected chi connectivity index (χ0v) is 10.0. The van der Waals surface area contributed by atoms with Crippen LogP contribution < -0.4 is 5.32 Å². The maximum atomic E-state index is 10.7. The molecule has 1 N–H and O–H groups in total. The van der Waals surface area contributed by atoms with Crippen LogP contribution in [0.2, 0.25) is 0 Å². The van der Waals surface area contributed by atoms with Crippen molar-refractivity contribution in [3.8, 4) is 6.07 Å². The van der Waals surface area contributed by atoms with E-state index in [1.54, 1.807) is 30.3 Å². The maximum absolute atomic E-state index is 10.7. The lowest BCUT2D eigenvalue weighted by Gasteiger charge is -2.06. The number of nitrogens with zero attached hydrogens (tertiary/aromatic N) is 2. The Morgan fingerprint density at radius 2 is 1.95 bits per heavy atom. The molecule has 0 fully saturated rings. The fourth-order valence-electron chi connectivity index (χ4n) is 1.65. The number of nitrogens with one attached hydrogen (secondary N) is 1. The number of anilines is 1. The molecule has 5 nitrogen and oxygen atoms in total. The van der Waals surface area contributed by atoms with Gasteiger partial charge in [-0.3, -0.25) is 10.1 Å². The molecule has 94 valence electrons. The summed E-state index contributed by atoms with van der Waals surface area (Å²) in [6, 6.07) is 15.6. The summed E-state index contributed by atoms with van der Waals surface area (Å²) in [5, 5.41) is 22.5. The van der Waals surface area contributed by atoms with E-state index in [1.165, 1.54) is 12.1 Å². The molecule has 0 amide bonds. The average Bonchev–Trinajstić information content (AvgIpc) is 2.46. The van der Waals surface area contributed by atoms with Crippen LogP contribution in [0.25, 0.3) is 0 Å². The highest BCUT2D eigenvalue weighted by atomic mass is 16.6. The van der Waals surface area contributed by atoms with E-state index in [-0.39, 0.29) is 5.69 Å². The van der Waals surface area contributed by atoms with E-state index in [4.69, 9.17) is 5.26 Å². The Hall–Kier alpha value is -2.87. The molecular weight excluding hydrogens is 242 g/mol. The second-order valence-corrected chi connectivity index (χ2v) is 3.97.